The Bertz CT molecular complexity index is 827. The van der Waals surface area contributed by atoms with Crippen LogP contribution in [0.1, 0.15) is 102 Å². The zero-order valence-electron chi connectivity index (χ0n) is 22.0. The highest BCUT2D eigenvalue weighted by Gasteiger charge is 2.49. The first kappa shape index (κ1) is 26.6. The van der Waals surface area contributed by atoms with Crippen molar-refractivity contribution in [1.29, 1.82) is 0 Å². The van der Waals surface area contributed by atoms with E-state index in [1.165, 1.54) is 0 Å². The minimum atomic E-state index is -0.708. The van der Waals surface area contributed by atoms with E-state index in [0.717, 1.165) is 5.06 Å². The quantitative estimate of drug-likeness (QED) is 0.675. The van der Waals surface area contributed by atoms with Crippen molar-refractivity contribution in [3.8, 4) is 0 Å². The van der Waals surface area contributed by atoms with Crippen LogP contribution < -0.4 is 10.6 Å². The van der Waals surface area contributed by atoms with Crippen molar-refractivity contribution in [2.75, 3.05) is 0 Å². The largest absolute Gasteiger partial charge is 0.349 e. The standard InChI is InChI=1S/C27H41N3O4/c1-24(2)13-17(14-25(3,4)23(24)33)28-21(31)19-11-9-10-12-20(19)22(32)29-18-15-26(5,6)30(34)27(7,8)16-18/h9-12,17-18,23H,13-16H2,1-8H3,(H,28,31)(H,29,32). The van der Waals surface area contributed by atoms with Gasteiger partial charge in [0.05, 0.1) is 11.1 Å². The Morgan fingerprint density at radius 1 is 0.735 bits per heavy atom. The van der Waals surface area contributed by atoms with Crippen molar-refractivity contribution in [3.05, 3.63) is 35.4 Å². The summed E-state index contributed by atoms with van der Waals surface area (Å²) in [4.78, 5) is 26.5. The molecule has 1 aliphatic carbocycles. The Kier molecular flexibility index (Phi) is 6.99. The minimum Gasteiger partial charge on any atom is -0.349 e. The predicted octanol–water partition coefficient (Wildman–Crippen LogP) is 4.53. The van der Waals surface area contributed by atoms with E-state index in [-0.39, 0.29) is 23.9 Å². The minimum absolute atomic E-state index is 0.137. The molecule has 2 fully saturated rings. The van der Waals surface area contributed by atoms with E-state index >= 15 is 0 Å². The molecular weight excluding hydrogens is 430 g/mol. The molecule has 1 aromatic rings. The average Bonchev–Trinajstić information content (AvgIpc) is 2.69. The Morgan fingerprint density at radius 2 is 1.09 bits per heavy atom. The smallest absolute Gasteiger partial charge is 0.252 e. The molecule has 0 atom stereocenters. The number of hydroxylamine groups is 2. The highest BCUT2D eigenvalue weighted by atomic mass is 16.5. The lowest BCUT2D eigenvalue weighted by Crippen LogP contribution is -2.62. The molecule has 2 amide bonds. The molecule has 1 aliphatic heterocycles. The van der Waals surface area contributed by atoms with Gasteiger partial charge in [-0.15, -0.1) is 10.3 Å². The van der Waals surface area contributed by atoms with Crippen LogP contribution in [0.4, 0.5) is 0 Å². The summed E-state index contributed by atoms with van der Waals surface area (Å²) >= 11 is 0. The topological polar surface area (TPSA) is 101 Å². The van der Waals surface area contributed by atoms with Gasteiger partial charge >= 0.3 is 0 Å². The van der Waals surface area contributed by atoms with E-state index < -0.39 is 28.0 Å². The summed E-state index contributed by atoms with van der Waals surface area (Å²) in [5, 5.41) is 32.7. The molecule has 1 heterocycles. The predicted molar refractivity (Wildman–Crippen MR) is 130 cm³/mol. The maximum absolute atomic E-state index is 13.3. The second kappa shape index (κ2) is 8.92. The van der Waals surface area contributed by atoms with Crippen molar-refractivity contribution < 1.29 is 19.9 Å². The van der Waals surface area contributed by atoms with Gasteiger partial charge in [-0.3, -0.25) is 9.59 Å². The van der Waals surface area contributed by atoms with Crippen molar-refractivity contribution in [2.45, 2.75) is 110 Å². The van der Waals surface area contributed by atoms with Crippen LogP contribution in [0.2, 0.25) is 0 Å². The van der Waals surface area contributed by atoms with Crippen molar-refractivity contribution in [1.82, 2.24) is 15.7 Å². The number of hydrogen-bond donors (Lipinski definition) is 2. The van der Waals surface area contributed by atoms with E-state index in [1.54, 1.807) is 24.3 Å². The van der Waals surface area contributed by atoms with Gasteiger partial charge < -0.3 is 10.6 Å². The number of hydrogen-bond acceptors (Lipinski definition) is 3. The molecule has 2 radical (unpaired) electrons. The maximum atomic E-state index is 13.3. The van der Waals surface area contributed by atoms with Crippen molar-refractivity contribution in [2.24, 2.45) is 10.8 Å². The number of nitrogens with zero attached hydrogens (tertiary/aromatic N) is 1. The van der Waals surface area contributed by atoms with E-state index in [1.807, 2.05) is 55.4 Å². The van der Waals surface area contributed by atoms with Crippen LogP contribution in [-0.2, 0) is 10.3 Å². The molecular formula is C27H41N3O4. The zero-order chi connectivity index (χ0) is 25.7. The number of benzene rings is 1. The first-order valence-corrected chi connectivity index (χ1v) is 12.3. The third kappa shape index (κ3) is 5.31. The molecule has 7 heteroatoms. The summed E-state index contributed by atoms with van der Waals surface area (Å²) in [7, 11) is 0. The van der Waals surface area contributed by atoms with Gasteiger partial charge in [-0.1, -0.05) is 39.8 Å². The number of nitrogens with one attached hydrogen (secondary N) is 2. The van der Waals surface area contributed by atoms with Gasteiger partial charge in [0, 0.05) is 23.2 Å². The Labute approximate surface area is 204 Å². The Morgan fingerprint density at radius 3 is 1.47 bits per heavy atom. The van der Waals surface area contributed by atoms with Crippen molar-refractivity contribution >= 4 is 11.8 Å². The van der Waals surface area contributed by atoms with Gasteiger partial charge in [-0.25, -0.2) is 5.11 Å². The number of carbonyl (C=O) groups is 2. The van der Waals surface area contributed by atoms with Gasteiger partial charge in [-0.2, -0.15) is 0 Å². The summed E-state index contributed by atoms with van der Waals surface area (Å²) < 4.78 is 0. The summed E-state index contributed by atoms with van der Waals surface area (Å²) in [5.74, 6) is -0.618. The Balaban J connectivity index is 1.76. The number of carbonyl (C=O) groups excluding carboxylic acids is 2. The molecule has 34 heavy (non-hydrogen) atoms. The number of piperidine rings is 1. The molecule has 188 valence electrons. The third-order valence-corrected chi connectivity index (χ3v) is 7.64. The lowest BCUT2D eigenvalue weighted by Gasteiger charge is -2.50. The summed E-state index contributed by atoms with van der Waals surface area (Å²) in [6.07, 6.45) is 1.55. The summed E-state index contributed by atoms with van der Waals surface area (Å²) in [5.41, 5.74) is -1.44. The van der Waals surface area contributed by atoms with Crippen LogP contribution >= 0.6 is 0 Å². The lowest BCUT2D eigenvalue weighted by atomic mass is 9.61. The average molecular weight is 472 g/mol. The molecule has 7 nitrogen and oxygen atoms in total. The number of amides is 2. The normalized spacial score (nSPS) is 28.2. The van der Waals surface area contributed by atoms with E-state index in [4.69, 9.17) is 0 Å². The fourth-order valence-corrected chi connectivity index (χ4v) is 6.49. The molecule has 0 bridgehead atoms. The zero-order valence-corrected chi connectivity index (χ0v) is 22.0. The lowest BCUT2D eigenvalue weighted by molar-refractivity contribution is -0.289. The molecule has 2 N–H and O–H groups in total. The third-order valence-electron chi connectivity index (χ3n) is 7.64. The van der Waals surface area contributed by atoms with Gasteiger partial charge in [0.1, 0.15) is 6.10 Å². The van der Waals surface area contributed by atoms with Crippen LogP contribution in [0.5, 0.6) is 0 Å². The number of rotatable bonds is 4. The van der Waals surface area contributed by atoms with Crippen molar-refractivity contribution in [3.63, 3.8) is 0 Å². The van der Waals surface area contributed by atoms with Crippen LogP contribution in [0.25, 0.3) is 0 Å². The van der Waals surface area contributed by atoms with Gasteiger partial charge in [0.2, 0.25) is 0 Å². The van der Waals surface area contributed by atoms with Gasteiger partial charge in [0.25, 0.3) is 11.8 Å². The Hall–Kier alpha value is -1.96. The van der Waals surface area contributed by atoms with E-state index in [9.17, 15) is 19.9 Å². The van der Waals surface area contributed by atoms with Crippen LogP contribution in [-0.4, -0.2) is 46.1 Å². The fourth-order valence-electron chi connectivity index (χ4n) is 6.49. The van der Waals surface area contributed by atoms with Crippen LogP contribution in [0.15, 0.2) is 24.3 Å². The molecule has 1 saturated carbocycles. The first-order chi connectivity index (χ1) is 15.5. The molecule has 1 saturated heterocycles. The molecule has 1 aromatic carbocycles. The molecule has 0 unspecified atom stereocenters. The van der Waals surface area contributed by atoms with Crippen LogP contribution in [0.3, 0.4) is 0 Å². The molecule has 2 aliphatic rings. The molecule has 3 rings (SSSR count). The fraction of sp³-hybridized carbons (Fsp3) is 0.704. The maximum Gasteiger partial charge on any atom is 0.252 e. The SMILES string of the molecule is CC1(C)CC(NC(=O)c2ccccc2C(=O)NC2CC(C)(C)N([O])C(C)(C)C2)CC(C)(C)C1[O]. The molecule has 0 spiro atoms. The summed E-state index contributed by atoms with van der Waals surface area (Å²) in [6, 6.07) is 6.50. The molecule has 0 aromatic heterocycles. The second-order valence-corrected chi connectivity index (χ2v) is 13.0. The summed E-state index contributed by atoms with van der Waals surface area (Å²) in [6.45, 7) is 15.4. The second-order valence-electron chi connectivity index (χ2n) is 13.0. The highest BCUT2D eigenvalue weighted by Crippen LogP contribution is 2.46. The first-order valence-electron chi connectivity index (χ1n) is 12.3. The monoisotopic (exact) mass is 471 g/mol. The van der Waals surface area contributed by atoms with E-state index in [0.29, 0.717) is 36.8 Å². The van der Waals surface area contributed by atoms with Gasteiger partial charge in [0.15, 0.2) is 0 Å². The van der Waals surface area contributed by atoms with Gasteiger partial charge in [-0.05, 0) is 76.3 Å². The van der Waals surface area contributed by atoms with Crippen LogP contribution in [0, 0.1) is 10.8 Å². The highest BCUT2D eigenvalue weighted by molar-refractivity contribution is 6.07. The van der Waals surface area contributed by atoms with E-state index in [2.05, 4.69) is 10.6 Å².